The first kappa shape index (κ1) is 16.0. The summed E-state index contributed by atoms with van der Waals surface area (Å²) in [4.78, 5) is 14.6. The predicted octanol–water partition coefficient (Wildman–Crippen LogP) is 2.52. The van der Waals surface area contributed by atoms with Crippen LogP contribution >= 0.6 is 11.6 Å². The standard InChI is InChI=1S/C16H17ClN2O4/c1-10(20)15-13(16(21)19-6-8-22-9-7-19)14(18-23-15)11-2-4-12(17)5-3-11/h2-5,10,20H,6-9H2,1H3/t10-/m0/s1. The Morgan fingerprint density at radius 1 is 1.30 bits per heavy atom. The monoisotopic (exact) mass is 336 g/mol. The number of aliphatic hydroxyl groups excluding tert-OH is 1. The molecule has 6 nitrogen and oxygen atoms in total. The highest BCUT2D eigenvalue weighted by molar-refractivity contribution is 6.30. The summed E-state index contributed by atoms with van der Waals surface area (Å²) in [6, 6.07) is 6.97. The molecule has 1 aliphatic heterocycles. The van der Waals surface area contributed by atoms with Gasteiger partial charge in [-0.3, -0.25) is 4.79 Å². The highest BCUT2D eigenvalue weighted by atomic mass is 35.5. The molecule has 1 N–H and O–H groups in total. The van der Waals surface area contributed by atoms with Crippen molar-refractivity contribution in [2.75, 3.05) is 26.3 Å². The fourth-order valence-corrected chi connectivity index (χ4v) is 2.65. The zero-order valence-electron chi connectivity index (χ0n) is 12.7. The van der Waals surface area contributed by atoms with Crippen molar-refractivity contribution in [1.82, 2.24) is 10.1 Å². The van der Waals surface area contributed by atoms with E-state index in [4.69, 9.17) is 20.9 Å². The van der Waals surface area contributed by atoms with Gasteiger partial charge < -0.3 is 19.3 Å². The van der Waals surface area contributed by atoms with Crippen molar-refractivity contribution >= 4 is 17.5 Å². The molecule has 1 aromatic heterocycles. The van der Waals surface area contributed by atoms with Gasteiger partial charge in [-0.05, 0) is 19.1 Å². The van der Waals surface area contributed by atoms with Crippen molar-refractivity contribution in [3.63, 3.8) is 0 Å². The molecule has 1 saturated heterocycles. The molecule has 2 aromatic rings. The third-order valence-corrected chi connectivity index (χ3v) is 3.98. The van der Waals surface area contributed by atoms with Crippen LogP contribution in [-0.2, 0) is 4.74 Å². The van der Waals surface area contributed by atoms with E-state index in [9.17, 15) is 9.90 Å². The Labute approximate surface area is 138 Å². The molecular weight excluding hydrogens is 320 g/mol. The summed E-state index contributed by atoms with van der Waals surface area (Å²) in [6.07, 6.45) is -0.927. The normalized spacial score (nSPS) is 16.4. The molecule has 122 valence electrons. The summed E-state index contributed by atoms with van der Waals surface area (Å²) < 4.78 is 10.5. The first-order valence-electron chi connectivity index (χ1n) is 7.38. The van der Waals surface area contributed by atoms with Crippen LogP contribution in [0.25, 0.3) is 11.3 Å². The van der Waals surface area contributed by atoms with Gasteiger partial charge in [0.1, 0.15) is 17.4 Å². The Kier molecular flexibility index (Phi) is 4.66. The van der Waals surface area contributed by atoms with Crippen molar-refractivity contribution in [2.45, 2.75) is 13.0 Å². The van der Waals surface area contributed by atoms with E-state index in [1.807, 2.05) is 0 Å². The van der Waals surface area contributed by atoms with Gasteiger partial charge >= 0.3 is 0 Å². The largest absolute Gasteiger partial charge is 0.385 e. The number of ether oxygens (including phenoxy) is 1. The van der Waals surface area contributed by atoms with Crippen LogP contribution in [0.4, 0.5) is 0 Å². The Hall–Kier alpha value is -1.89. The summed E-state index contributed by atoms with van der Waals surface area (Å²) in [5, 5.41) is 14.5. The van der Waals surface area contributed by atoms with E-state index in [0.29, 0.717) is 48.1 Å². The molecule has 2 heterocycles. The van der Waals surface area contributed by atoms with Gasteiger partial charge in [0.2, 0.25) is 0 Å². The Morgan fingerprint density at radius 3 is 2.57 bits per heavy atom. The molecule has 1 amide bonds. The zero-order chi connectivity index (χ0) is 16.4. The number of benzene rings is 1. The van der Waals surface area contributed by atoms with E-state index < -0.39 is 6.10 Å². The lowest BCUT2D eigenvalue weighted by Crippen LogP contribution is -2.41. The summed E-state index contributed by atoms with van der Waals surface area (Å²) in [5.41, 5.74) is 1.42. The fourth-order valence-electron chi connectivity index (χ4n) is 2.52. The van der Waals surface area contributed by atoms with Crippen molar-refractivity contribution in [2.24, 2.45) is 0 Å². The van der Waals surface area contributed by atoms with Crippen LogP contribution in [0.15, 0.2) is 28.8 Å². The molecule has 0 bridgehead atoms. The number of rotatable bonds is 3. The maximum Gasteiger partial charge on any atom is 0.260 e. The number of amides is 1. The van der Waals surface area contributed by atoms with Crippen LogP contribution in [0.2, 0.25) is 5.02 Å². The highest BCUT2D eigenvalue weighted by Gasteiger charge is 2.30. The van der Waals surface area contributed by atoms with Gasteiger partial charge in [0, 0.05) is 23.7 Å². The Balaban J connectivity index is 2.03. The molecule has 7 heteroatoms. The number of aliphatic hydroxyl groups is 1. The molecule has 1 aliphatic rings. The molecule has 0 radical (unpaired) electrons. The molecule has 23 heavy (non-hydrogen) atoms. The average molecular weight is 337 g/mol. The fraction of sp³-hybridized carbons (Fsp3) is 0.375. The van der Waals surface area contributed by atoms with Crippen molar-refractivity contribution in [1.29, 1.82) is 0 Å². The maximum absolute atomic E-state index is 12.9. The smallest absolute Gasteiger partial charge is 0.260 e. The van der Waals surface area contributed by atoms with Gasteiger partial charge in [0.25, 0.3) is 5.91 Å². The van der Waals surface area contributed by atoms with E-state index in [0.717, 1.165) is 0 Å². The molecule has 0 spiro atoms. The number of nitrogens with zero attached hydrogens (tertiary/aromatic N) is 2. The number of morpholine rings is 1. The third kappa shape index (κ3) is 3.24. The highest BCUT2D eigenvalue weighted by Crippen LogP contribution is 2.31. The van der Waals surface area contributed by atoms with Gasteiger partial charge in [-0.1, -0.05) is 28.9 Å². The van der Waals surface area contributed by atoms with Crippen LogP contribution in [0.3, 0.4) is 0 Å². The molecule has 0 unspecified atom stereocenters. The Bertz CT molecular complexity index is 691. The van der Waals surface area contributed by atoms with Gasteiger partial charge in [-0.2, -0.15) is 0 Å². The topological polar surface area (TPSA) is 75.8 Å². The first-order valence-corrected chi connectivity index (χ1v) is 7.76. The maximum atomic E-state index is 12.9. The van der Waals surface area contributed by atoms with Crippen LogP contribution in [0.5, 0.6) is 0 Å². The lowest BCUT2D eigenvalue weighted by atomic mass is 10.0. The van der Waals surface area contributed by atoms with Crippen molar-refractivity contribution < 1.29 is 19.2 Å². The number of carbonyl (C=O) groups excluding carboxylic acids is 1. The lowest BCUT2D eigenvalue weighted by Gasteiger charge is -2.27. The molecular formula is C16H17ClN2O4. The van der Waals surface area contributed by atoms with E-state index in [-0.39, 0.29) is 11.7 Å². The summed E-state index contributed by atoms with van der Waals surface area (Å²) in [5.74, 6) is -0.0400. The van der Waals surface area contributed by atoms with Crippen LogP contribution in [-0.4, -0.2) is 47.4 Å². The molecule has 0 saturated carbocycles. The third-order valence-electron chi connectivity index (χ3n) is 3.73. The predicted molar refractivity (Wildman–Crippen MR) is 84.3 cm³/mol. The lowest BCUT2D eigenvalue weighted by molar-refractivity contribution is 0.0298. The summed E-state index contributed by atoms with van der Waals surface area (Å²) >= 11 is 5.91. The molecule has 1 aromatic carbocycles. The average Bonchev–Trinajstić information content (AvgIpc) is 3.01. The minimum Gasteiger partial charge on any atom is -0.385 e. The van der Waals surface area contributed by atoms with Crippen LogP contribution in [0.1, 0.15) is 29.1 Å². The molecule has 1 fully saturated rings. The molecule has 0 aliphatic carbocycles. The van der Waals surface area contributed by atoms with Gasteiger partial charge in [-0.15, -0.1) is 0 Å². The summed E-state index contributed by atoms with van der Waals surface area (Å²) in [6.45, 7) is 3.55. The van der Waals surface area contributed by atoms with E-state index in [2.05, 4.69) is 5.16 Å². The second kappa shape index (κ2) is 6.70. The zero-order valence-corrected chi connectivity index (χ0v) is 13.4. The molecule has 3 rings (SSSR count). The number of carbonyl (C=O) groups is 1. The minimum atomic E-state index is -0.927. The quantitative estimate of drug-likeness (QED) is 0.932. The van der Waals surface area contributed by atoms with Gasteiger partial charge in [0.05, 0.1) is 13.2 Å². The number of halogens is 1. The number of hydrogen-bond donors (Lipinski definition) is 1. The Morgan fingerprint density at radius 2 is 1.96 bits per heavy atom. The van der Waals surface area contributed by atoms with Crippen LogP contribution < -0.4 is 0 Å². The van der Waals surface area contributed by atoms with E-state index >= 15 is 0 Å². The first-order chi connectivity index (χ1) is 11.1. The summed E-state index contributed by atoms with van der Waals surface area (Å²) in [7, 11) is 0. The van der Waals surface area contributed by atoms with E-state index in [1.165, 1.54) is 0 Å². The minimum absolute atomic E-state index is 0.173. The van der Waals surface area contributed by atoms with E-state index in [1.54, 1.807) is 36.1 Å². The molecule has 1 atom stereocenters. The van der Waals surface area contributed by atoms with Crippen LogP contribution in [0, 0.1) is 0 Å². The van der Waals surface area contributed by atoms with Crippen molar-refractivity contribution in [3.8, 4) is 11.3 Å². The second-order valence-electron chi connectivity index (χ2n) is 5.36. The number of hydrogen-bond acceptors (Lipinski definition) is 5. The SMILES string of the molecule is C[C@H](O)c1onc(-c2ccc(Cl)cc2)c1C(=O)N1CCOCC1. The number of aromatic nitrogens is 1. The second-order valence-corrected chi connectivity index (χ2v) is 5.79. The van der Waals surface area contributed by atoms with Crippen molar-refractivity contribution in [3.05, 3.63) is 40.6 Å². The van der Waals surface area contributed by atoms with Gasteiger partial charge in [0.15, 0.2) is 5.76 Å². The van der Waals surface area contributed by atoms with Gasteiger partial charge in [-0.25, -0.2) is 0 Å².